The smallest absolute Gasteiger partial charge is 0.244 e. The van der Waals surface area contributed by atoms with Gasteiger partial charge in [-0.15, -0.1) is 0 Å². The third kappa shape index (κ3) is 4.64. The van der Waals surface area contributed by atoms with Gasteiger partial charge < -0.3 is 4.52 Å². The zero-order valence-corrected chi connectivity index (χ0v) is 17.1. The fraction of sp³-hybridized carbons (Fsp3) is 0.300. The molecule has 0 saturated carbocycles. The van der Waals surface area contributed by atoms with Crippen LogP contribution in [0.25, 0.3) is 11.4 Å². The Morgan fingerprint density at radius 1 is 1.30 bits per heavy atom. The van der Waals surface area contributed by atoms with Crippen molar-refractivity contribution in [2.45, 2.75) is 25.4 Å². The van der Waals surface area contributed by atoms with Crippen LogP contribution in [0.15, 0.2) is 47.1 Å². The van der Waals surface area contributed by atoms with E-state index in [0.29, 0.717) is 22.8 Å². The zero-order chi connectivity index (χ0) is 21.1. The Kier molecular flexibility index (Phi) is 5.48. The molecule has 154 valence electrons. The molecule has 4 rings (SSSR count). The van der Waals surface area contributed by atoms with E-state index in [-0.39, 0.29) is 11.9 Å². The molecule has 1 aromatic carbocycles. The molecule has 0 unspecified atom stereocenters. The molecule has 0 amide bonds. The van der Waals surface area contributed by atoms with Crippen LogP contribution < -0.4 is 4.72 Å². The molecule has 9 nitrogen and oxygen atoms in total. The van der Waals surface area contributed by atoms with Crippen molar-refractivity contribution in [3.8, 4) is 17.5 Å². The van der Waals surface area contributed by atoms with Crippen LogP contribution in [-0.2, 0) is 16.6 Å². The molecule has 0 aliphatic carbocycles. The first-order valence-corrected chi connectivity index (χ1v) is 11.3. The first kappa shape index (κ1) is 20.0. The summed E-state index contributed by atoms with van der Waals surface area (Å²) < 4.78 is 30.7. The topological polar surface area (TPSA) is 125 Å². The van der Waals surface area contributed by atoms with E-state index in [0.717, 1.165) is 37.8 Å². The van der Waals surface area contributed by atoms with Gasteiger partial charge in [-0.2, -0.15) is 10.2 Å². The second kappa shape index (κ2) is 8.22. The summed E-state index contributed by atoms with van der Waals surface area (Å²) in [4.78, 5) is 10.8. The molecule has 1 saturated heterocycles. The van der Waals surface area contributed by atoms with Gasteiger partial charge in [0.15, 0.2) is 0 Å². The lowest BCUT2D eigenvalue weighted by Crippen LogP contribution is -2.23. The van der Waals surface area contributed by atoms with Crippen molar-refractivity contribution in [1.29, 1.82) is 5.26 Å². The summed E-state index contributed by atoms with van der Waals surface area (Å²) in [6.45, 7) is 1.64. The Morgan fingerprint density at radius 2 is 2.10 bits per heavy atom. The van der Waals surface area contributed by atoms with E-state index in [1.165, 1.54) is 6.20 Å². The van der Waals surface area contributed by atoms with E-state index in [4.69, 9.17) is 9.78 Å². The van der Waals surface area contributed by atoms with E-state index in [1.54, 1.807) is 12.1 Å². The minimum Gasteiger partial charge on any atom is -0.337 e. The van der Waals surface area contributed by atoms with E-state index < -0.39 is 10.0 Å². The van der Waals surface area contributed by atoms with Gasteiger partial charge in [-0.25, -0.2) is 13.4 Å². The second-order valence-corrected chi connectivity index (χ2v) is 8.95. The van der Waals surface area contributed by atoms with Crippen LogP contribution >= 0.6 is 0 Å². The van der Waals surface area contributed by atoms with Gasteiger partial charge in [0.05, 0.1) is 23.9 Å². The molecule has 3 heterocycles. The Labute approximate surface area is 174 Å². The molecule has 0 radical (unpaired) electrons. The minimum atomic E-state index is -3.43. The molecule has 2 aromatic heterocycles. The van der Waals surface area contributed by atoms with E-state index in [9.17, 15) is 8.42 Å². The van der Waals surface area contributed by atoms with Crippen molar-refractivity contribution >= 4 is 15.8 Å². The van der Waals surface area contributed by atoms with Crippen molar-refractivity contribution < 1.29 is 12.9 Å². The van der Waals surface area contributed by atoms with Crippen LogP contribution in [0.1, 0.15) is 35.9 Å². The summed E-state index contributed by atoms with van der Waals surface area (Å²) in [6, 6.07) is 13.0. The monoisotopic (exact) mass is 424 g/mol. The predicted octanol–water partition coefficient (Wildman–Crippen LogP) is 2.71. The van der Waals surface area contributed by atoms with Crippen LogP contribution in [0.4, 0.5) is 5.82 Å². The predicted molar refractivity (Wildman–Crippen MR) is 110 cm³/mol. The highest BCUT2D eigenvalue weighted by Gasteiger charge is 2.30. The molecule has 1 aliphatic rings. The van der Waals surface area contributed by atoms with Crippen molar-refractivity contribution in [3.63, 3.8) is 0 Å². The van der Waals surface area contributed by atoms with Crippen molar-refractivity contribution in [2.24, 2.45) is 0 Å². The van der Waals surface area contributed by atoms with Crippen LogP contribution in [-0.4, -0.2) is 41.2 Å². The maximum atomic E-state index is 11.4. The van der Waals surface area contributed by atoms with Gasteiger partial charge in [-0.3, -0.25) is 9.62 Å². The van der Waals surface area contributed by atoms with E-state index in [2.05, 4.69) is 30.8 Å². The molecule has 0 bridgehead atoms. The number of pyridine rings is 1. The first-order valence-electron chi connectivity index (χ1n) is 9.42. The molecular formula is C20H20N6O3S. The molecule has 30 heavy (non-hydrogen) atoms. The molecule has 10 heteroatoms. The number of benzene rings is 1. The normalized spacial score (nSPS) is 17.0. The molecule has 1 fully saturated rings. The van der Waals surface area contributed by atoms with Crippen molar-refractivity contribution in [3.05, 3.63) is 59.6 Å². The number of hydrogen-bond donors (Lipinski definition) is 1. The fourth-order valence-electron chi connectivity index (χ4n) is 3.52. The maximum Gasteiger partial charge on any atom is 0.244 e. The van der Waals surface area contributed by atoms with Crippen LogP contribution in [0.5, 0.6) is 0 Å². The summed E-state index contributed by atoms with van der Waals surface area (Å²) in [5.41, 5.74) is 2.37. The van der Waals surface area contributed by atoms with Gasteiger partial charge >= 0.3 is 0 Å². The number of rotatable bonds is 6. The SMILES string of the molecule is CS(=O)(=O)Nc1cc(-c2noc([C@@H]3CCCN3Cc3ccc(C#N)cc3)n2)ccn1. The molecule has 3 aromatic rings. The van der Waals surface area contributed by atoms with Gasteiger partial charge in [0.25, 0.3) is 0 Å². The van der Waals surface area contributed by atoms with Crippen molar-refractivity contribution in [1.82, 2.24) is 20.0 Å². The van der Waals surface area contributed by atoms with Crippen molar-refractivity contribution in [2.75, 3.05) is 17.5 Å². The Morgan fingerprint density at radius 3 is 2.83 bits per heavy atom. The fourth-order valence-corrected chi connectivity index (χ4v) is 4.01. The number of nitrogens with zero attached hydrogens (tertiary/aromatic N) is 5. The highest BCUT2D eigenvalue weighted by Crippen LogP contribution is 2.33. The standard InChI is InChI=1S/C20H20N6O3S/c1-30(27,28)25-18-11-16(8-9-22-18)19-23-20(29-24-19)17-3-2-10-26(17)13-15-6-4-14(12-21)5-7-15/h4-9,11,17H,2-3,10,13H2,1H3,(H,22,25)/t17-/m0/s1. The lowest BCUT2D eigenvalue weighted by molar-refractivity contribution is 0.201. The number of hydrogen-bond acceptors (Lipinski definition) is 8. The largest absolute Gasteiger partial charge is 0.337 e. The summed E-state index contributed by atoms with van der Waals surface area (Å²) in [5.74, 6) is 1.12. The number of aromatic nitrogens is 3. The number of nitrogens with one attached hydrogen (secondary N) is 1. The Bertz CT molecular complexity index is 1180. The maximum absolute atomic E-state index is 11.4. The van der Waals surface area contributed by atoms with Crippen LogP contribution in [0.3, 0.4) is 0 Å². The molecule has 1 atom stereocenters. The zero-order valence-electron chi connectivity index (χ0n) is 16.3. The molecule has 1 aliphatic heterocycles. The highest BCUT2D eigenvalue weighted by molar-refractivity contribution is 7.92. The van der Waals surface area contributed by atoms with Crippen LogP contribution in [0, 0.1) is 11.3 Å². The van der Waals surface area contributed by atoms with E-state index in [1.807, 2.05) is 24.3 Å². The summed E-state index contributed by atoms with van der Waals surface area (Å²) in [6.07, 6.45) is 4.49. The van der Waals surface area contributed by atoms with Gasteiger partial charge in [0, 0.05) is 18.3 Å². The molecular weight excluding hydrogens is 404 g/mol. The average molecular weight is 424 g/mol. The quantitative estimate of drug-likeness (QED) is 0.640. The molecule has 0 spiro atoms. The number of likely N-dealkylation sites (tertiary alicyclic amines) is 1. The number of sulfonamides is 1. The lowest BCUT2D eigenvalue weighted by Gasteiger charge is -2.21. The second-order valence-electron chi connectivity index (χ2n) is 7.20. The molecule has 1 N–H and O–H groups in total. The minimum absolute atomic E-state index is 0.0114. The number of anilines is 1. The highest BCUT2D eigenvalue weighted by atomic mass is 32.2. The average Bonchev–Trinajstić information content (AvgIpc) is 3.37. The van der Waals surface area contributed by atoms with Gasteiger partial charge in [0.2, 0.25) is 21.7 Å². The summed E-state index contributed by atoms with van der Waals surface area (Å²) in [5, 5.41) is 13.0. The first-order chi connectivity index (χ1) is 14.4. The van der Waals surface area contributed by atoms with Gasteiger partial charge in [-0.05, 0) is 49.2 Å². The Hall–Kier alpha value is -3.29. The Balaban J connectivity index is 1.51. The van der Waals surface area contributed by atoms with Gasteiger partial charge in [-0.1, -0.05) is 17.3 Å². The van der Waals surface area contributed by atoms with E-state index >= 15 is 0 Å². The summed E-state index contributed by atoms with van der Waals surface area (Å²) in [7, 11) is -3.43. The number of nitriles is 1. The van der Waals surface area contributed by atoms with Gasteiger partial charge in [0.1, 0.15) is 5.82 Å². The lowest BCUT2D eigenvalue weighted by atomic mass is 10.1. The van der Waals surface area contributed by atoms with Crippen LogP contribution in [0.2, 0.25) is 0 Å². The summed E-state index contributed by atoms with van der Waals surface area (Å²) >= 11 is 0. The third-order valence-electron chi connectivity index (χ3n) is 4.87. The third-order valence-corrected chi connectivity index (χ3v) is 5.45.